The van der Waals surface area contributed by atoms with Gasteiger partial charge in [0.2, 0.25) is 0 Å². The normalized spacial score (nSPS) is 23.9. The Kier molecular flexibility index (Phi) is 4.37. The first kappa shape index (κ1) is 18.0. The number of amides is 1. The highest BCUT2D eigenvalue weighted by Crippen LogP contribution is 2.34. The fourth-order valence-corrected chi connectivity index (χ4v) is 4.31. The number of H-pyrrole nitrogens is 1. The zero-order valence-corrected chi connectivity index (χ0v) is 15.6. The maximum absolute atomic E-state index is 13.3. The van der Waals surface area contributed by atoms with E-state index >= 15 is 0 Å². The van der Waals surface area contributed by atoms with Crippen LogP contribution < -0.4 is 16.4 Å². The molecule has 2 saturated heterocycles. The average Bonchev–Trinajstić information content (AvgIpc) is 3.16. The number of hydrazine groups is 1. The molecule has 2 fully saturated rings. The van der Waals surface area contributed by atoms with E-state index in [0.717, 1.165) is 12.0 Å². The Morgan fingerprint density at radius 3 is 2.72 bits per heavy atom. The van der Waals surface area contributed by atoms with Gasteiger partial charge in [-0.05, 0) is 36.2 Å². The molecule has 0 aliphatic carbocycles. The molecule has 3 unspecified atom stereocenters. The average molecular weight is 393 g/mol. The molecule has 3 atom stereocenters. The molecule has 1 aromatic heterocycles. The topological polar surface area (TPSA) is 90.1 Å². The lowest BCUT2D eigenvalue weighted by molar-refractivity contribution is 0.0645. The first-order chi connectivity index (χ1) is 14.1. The van der Waals surface area contributed by atoms with Crippen molar-refractivity contribution < 1.29 is 9.18 Å². The van der Waals surface area contributed by atoms with Gasteiger partial charge in [-0.3, -0.25) is 15.0 Å². The third kappa shape index (κ3) is 3.20. The summed E-state index contributed by atoms with van der Waals surface area (Å²) in [5, 5.41) is 0. The standard InChI is InChI=1S/C21H20FN5O2/c22-13-7-5-12(6-8-13)18-14-11-27(10-9-15(14)25-26-18)21(29)19-20(28)24-17-4-2-1-3-16(17)23-19/h1-8,14-15,18,25-26H,9-11H2,(H,24,28). The highest BCUT2D eigenvalue weighted by molar-refractivity contribution is 5.93. The summed E-state index contributed by atoms with van der Waals surface area (Å²) in [6.07, 6.45) is 0.757. The van der Waals surface area contributed by atoms with E-state index in [4.69, 9.17) is 0 Å². The Hall–Kier alpha value is -3.10. The van der Waals surface area contributed by atoms with E-state index in [1.165, 1.54) is 12.1 Å². The number of halogens is 1. The van der Waals surface area contributed by atoms with E-state index in [2.05, 4.69) is 20.8 Å². The van der Waals surface area contributed by atoms with Crippen LogP contribution in [0.2, 0.25) is 0 Å². The molecule has 3 heterocycles. The Labute approximate surface area is 165 Å². The maximum Gasteiger partial charge on any atom is 0.280 e. The van der Waals surface area contributed by atoms with Crippen molar-refractivity contribution in [3.05, 3.63) is 76.0 Å². The van der Waals surface area contributed by atoms with E-state index < -0.39 is 5.56 Å². The van der Waals surface area contributed by atoms with Gasteiger partial charge in [-0.1, -0.05) is 24.3 Å². The molecule has 0 spiro atoms. The molecule has 8 heteroatoms. The molecule has 3 aromatic rings. The number of likely N-dealkylation sites (tertiary alicyclic amines) is 1. The highest BCUT2D eigenvalue weighted by atomic mass is 19.1. The van der Waals surface area contributed by atoms with Crippen LogP contribution in [0.5, 0.6) is 0 Å². The number of rotatable bonds is 2. The van der Waals surface area contributed by atoms with E-state index in [9.17, 15) is 14.0 Å². The van der Waals surface area contributed by atoms with Crippen LogP contribution in [0.25, 0.3) is 11.0 Å². The summed E-state index contributed by atoms with van der Waals surface area (Å²) in [7, 11) is 0. The van der Waals surface area contributed by atoms with E-state index in [1.807, 2.05) is 12.1 Å². The van der Waals surface area contributed by atoms with Crippen LogP contribution in [0.3, 0.4) is 0 Å². The maximum atomic E-state index is 13.3. The third-order valence-corrected chi connectivity index (χ3v) is 5.83. The highest BCUT2D eigenvalue weighted by Gasteiger charge is 2.42. The zero-order chi connectivity index (χ0) is 20.0. The van der Waals surface area contributed by atoms with Gasteiger partial charge in [-0.25, -0.2) is 14.8 Å². The Morgan fingerprint density at radius 2 is 1.90 bits per heavy atom. The van der Waals surface area contributed by atoms with Crippen molar-refractivity contribution >= 4 is 16.9 Å². The van der Waals surface area contributed by atoms with Crippen molar-refractivity contribution in [1.82, 2.24) is 25.7 Å². The number of para-hydroxylation sites is 2. The molecule has 2 aliphatic rings. The minimum Gasteiger partial charge on any atom is -0.337 e. The predicted octanol–water partition coefficient (Wildman–Crippen LogP) is 1.74. The number of aromatic nitrogens is 2. The summed E-state index contributed by atoms with van der Waals surface area (Å²) in [4.78, 5) is 34.3. The first-order valence-corrected chi connectivity index (χ1v) is 9.65. The van der Waals surface area contributed by atoms with Crippen LogP contribution in [0.15, 0.2) is 53.3 Å². The molecule has 3 N–H and O–H groups in total. The molecule has 0 saturated carbocycles. The van der Waals surface area contributed by atoms with Crippen LogP contribution in [0.1, 0.15) is 28.5 Å². The quantitative estimate of drug-likeness (QED) is 0.617. The van der Waals surface area contributed by atoms with Crippen molar-refractivity contribution in [2.24, 2.45) is 5.92 Å². The minimum absolute atomic E-state index is 0.0425. The number of nitrogens with zero attached hydrogens (tertiary/aromatic N) is 2. The summed E-state index contributed by atoms with van der Waals surface area (Å²) in [5.74, 6) is -0.531. The number of hydrogen-bond donors (Lipinski definition) is 3. The van der Waals surface area contributed by atoms with Crippen molar-refractivity contribution in [3.8, 4) is 0 Å². The second-order valence-corrected chi connectivity index (χ2v) is 7.56. The lowest BCUT2D eigenvalue weighted by Crippen LogP contribution is -2.49. The van der Waals surface area contributed by atoms with E-state index in [-0.39, 0.29) is 35.4 Å². The Balaban J connectivity index is 1.41. The molecule has 5 rings (SSSR count). The van der Waals surface area contributed by atoms with Gasteiger partial charge in [0.05, 0.1) is 17.1 Å². The van der Waals surface area contributed by atoms with Crippen molar-refractivity contribution in [3.63, 3.8) is 0 Å². The summed E-state index contributed by atoms with van der Waals surface area (Å²) >= 11 is 0. The summed E-state index contributed by atoms with van der Waals surface area (Å²) in [5.41, 5.74) is 8.15. The number of aromatic amines is 1. The van der Waals surface area contributed by atoms with Gasteiger partial charge in [0, 0.05) is 25.0 Å². The summed E-state index contributed by atoms with van der Waals surface area (Å²) in [6.45, 7) is 1.03. The van der Waals surface area contributed by atoms with E-state index in [0.29, 0.717) is 24.1 Å². The fraction of sp³-hybridized carbons (Fsp3) is 0.286. The SMILES string of the molecule is O=C(c1nc2ccccc2[nH]c1=O)N1CCC2NNC(c3ccc(F)cc3)C2C1. The van der Waals surface area contributed by atoms with Crippen LogP contribution in [0.4, 0.5) is 4.39 Å². The monoisotopic (exact) mass is 393 g/mol. The van der Waals surface area contributed by atoms with Crippen LogP contribution in [-0.4, -0.2) is 39.9 Å². The number of hydrogen-bond acceptors (Lipinski definition) is 5. The molecule has 148 valence electrons. The van der Waals surface area contributed by atoms with Crippen molar-refractivity contribution in [1.29, 1.82) is 0 Å². The molecule has 2 aromatic carbocycles. The third-order valence-electron chi connectivity index (χ3n) is 5.83. The van der Waals surface area contributed by atoms with Gasteiger partial charge in [-0.2, -0.15) is 0 Å². The smallest absolute Gasteiger partial charge is 0.280 e. The second kappa shape index (κ2) is 7.06. The Bertz CT molecular complexity index is 1130. The van der Waals surface area contributed by atoms with Crippen molar-refractivity contribution in [2.75, 3.05) is 13.1 Å². The molecular weight excluding hydrogens is 373 g/mol. The van der Waals surface area contributed by atoms with E-state index in [1.54, 1.807) is 29.2 Å². The van der Waals surface area contributed by atoms with Crippen molar-refractivity contribution in [2.45, 2.75) is 18.5 Å². The molecule has 0 bridgehead atoms. The van der Waals surface area contributed by atoms with Gasteiger partial charge >= 0.3 is 0 Å². The lowest BCUT2D eigenvalue weighted by atomic mass is 9.85. The number of carbonyl (C=O) groups excluding carboxylic acids is 1. The number of fused-ring (bicyclic) bond motifs is 2. The molecule has 7 nitrogen and oxygen atoms in total. The second-order valence-electron chi connectivity index (χ2n) is 7.56. The van der Waals surface area contributed by atoms with Crippen LogP contribution in [-0.2, 0) is 0 Å². The lowest BCUT2D eigenvalue weighted by Gasteiger charge is -2.36. The number of carbonyl (C=O) groups is 1. The van der Waals surface area contributed by atoms with Gasteiger partial charge in [-0.15, -0.1) is 0 Å². The molecule has 0 radical (unpaired) electrons. The first-order valence-electron chi connectivity index (χ1n) is 9.65. The van der Waals surface area contributed by atoms with Gasteiger partial charge < -0.3 is 9.88 Å². The minimum atomic E-state index is -0.478. The number of nitrogens with one attached hydrogen (secondary N) is 3. The summed E-state index contributed by atoms with van der Waals surface area (Å²) in [6, 6.07) is 13.7. The fourth-order valence-electron chi connectivity index (χ4n) is 4.31. The molecule has 2 aliphatic heterocycles. The largest absolute Gasteiger partial charge is 0.337 e. The molecule has 1 amide bonds. The number of benzene rings is 2. The van der Waals surface area contributed by atoms with Gasteiger partial charge in [0.1, 0.15) is 5.82 Å². The predicted molar refractivity (Wildman–Crippen MR) is 106 cm³/mol. The molecular formula is C21H20FN5O2. The van der Waals surface area contributed by atoms with Crippen LogP contribution >= 0.6 is 0 Å². The summed E-state index contributed by atoms with van der Waals surface area (Å²) < 4.78 is 13.3. The zero-order valence-electron chi connectivity index (χ0n) is 15.6. The Morgan fingerprint density at radius 1 is 1.10 bits per heavy atom. The number of piperidine rings is 1. The van der Waals surface area contributed by atoms with Gasteiger partial charge in [0.25, 0.3) is 11.5 Å². The van der Waals surface area contributed by atoms with Gasteiger partial charge in [0.15, 0.2) is 5.69 Å². The van der Waals surface area contributed by atoms with Crippen LogP contribution in [0, 0.1) is 11.7 Å². The molecule has 29 heavy (non-hydrogen) atoms.